The standard InChI is InChI=1S/C15H24BrNS/c1-12(2)7-8-13(3)17-9-10-18-15-6-4-5-14(16)11-15/h4-6,11-13,17H,7-10H2,1-3H3. The number of hydrogen-bond donors (Lipinski definition) is 1. The topological polar surface area (TPSA) is 12.0 Å². The summed E-state index contributed by atoms with van der Waals surface area (Å²) < 4.78 is 1.16. The lowest BCUT2D eigenvalue weighted by atomic mass is 10.0. The van der Waals surface area contributed by atoms with Crippen molar-refractivity contribution >= 4 is 27.7 Å². The maximum absolute atomic E-state index is 3.59. The van der Waals surface area contributed by atoms with Crippen LogP contribution in [-0.4, -0.2) is 18.3 Å². The molecule has 1 rings (SSSR count). The van der Waals surface area contributed by atoms with Crippen molar-refractivity contribution < 1.29 is 0 Å². The molecule has 1 unspecified atom stereocenters. The first-order chi connectivity index (χ1) is 8.58. The lowest BCUT2D eigenvalue weighted by Crippen LogP contribution is -2.28. The molecule has 1 aromatic rings. The van der Waals surface area contributed by atoms with Gasteiger partial charge in [0, 0.05) is 27.7 Å². The lowest BCUT2D eigenvalue weighted by molar-refractivity contribution is 0.460. The zero-order valence-electron chi connectivity index (χ0n) is 11.6. The van der Waals surface area contributed by atoms with Gasteiger partial charge in [-0.1, -0.05) is 35.8 Å². The summed E-state index contributed by atoms with van der Waals surface area (Å²) in [4.78, 5) is 1.33. The van der Waals surface area contributed by atoms with Crippen LogP contribution < -0.4 is 5.32 Å². The van der Waals surface area contributed by atoms with E-state index in [9.17, 15) is 0 Å². The molecule has 18 heavy (non-hydrogen) atoms. The first-order valence-electron chi connectivity index (χ1n) is 6.69. The zero-order valence-corrected chi connectivity index (χ0v) is 14.0. The quantitative estimate of drug-likeness (QED) is 0.534. The van der Waals surface area contributed by atoms with E-state index in [2.05, 4.69) is 66.3 Å². The van der Waals surface area contributed by atoms with Gasteiger partial charge in [-0.05, 0) is 43.9 Å². The van der Waals surface area contributed by atoms with Gasteiger partial charge in [-0.15, -0.1) is 11.8 Å². The van der Waals surface area contributed by atoms with Gasteiger partial charge in [0.05, 0.1) is 0 Å². The molecule has 0 saturated heterocycles. The van der Waals surface area contributed by atoms with Gasteiger partial charge in [0.1, 0.15) is 0 Å². The monoisotopic (exact) mass is 329 g/mol. The predicted octanol–water partition coefficient (Wildman–Crippen LogP) is 4.96. The summed E-state index contributed by atoms with van der Waals surface area (Å²) in [5.41, 5.74) is 0. The van der Waals surface area contributed by atoms with E-state index in [1.165, 1.54) is 17.7 Å². The molecule has 0 fully saturated rings. The van der Waals surface area contributed by atoms with Crippen molar-refractivity contribution in [2.45, 2.75) is 44.6 Å². The van der Waals surface area contributed by atoms with Gasteiger partial charge in [0.2, 0.25) is 0 Å². The van der Waals surface area contributed by atoms with Gasteiger partial charge in [0.25, 0.3) is 0 Å². The number of halogens is 1. The second-order valence-electron chi connectivity index (χ2n) is 5.13. The van der Waals surface area contributed by atoms with Crippen LogP contribution in [0.25, 0.3) is 0 Å². The van der Waals surface area contributed by atoms with Gasteiger partial charge in [0.15, 0.2) is 0 Å². The third-order valence-corrected chi connectivity index (χ3v) is 4.33. The Morgan fingerprint density at radius 2 is 2.00 bits per heavy atom. The third kappa shape index (κ3) is 7.45. The Bertz CT molecular complexity index is 341. The summed E-state index contributed by atoms with van der Waals surface area (Å²) in [7, 11) is 0. The Hall–Kier alpha value is 0.01000. The number of thioether (sulfide) groups is 1. The third-order valence-electron chi connectivity index (χ3n) is 2.84. The minimum absolute atomic E-state index is 0.635. The Balaban J connectivity index is 2.11. The highest BCUT2D eigenvalue weighted by molar-refractivity contribution is 9.10. The number of rotatable bonds is 8. The molecule has 0 spiro atoms. The second-order valence-corrected chi connectivity index (χ2v) is 7.22. The van der Waals surface area contributed by atoms with Gasteiger partial charge in [-0.3, -0.25) is 0 Å². The summed E-state index contributed by atoms with van der Waals surface area (Å²) in [6.07, 6.45) is 2.59. The van der Waals surface area contributed by atoms with Gasteiger partial charge < -0.3 is 5.32 Å². The molecule has 0 amide bonds. The van der Waals surface area contributed by atoms with E-state index in [1.54, 1.807) is 0 Å². The average molecular weight is 330 g/mol. The molecule has 0 aliphatic rings. The van der Waals surface area contributed by atoms with Crippen LogP contribution in [0, 0.1) is 5.92 Å². The summed E-state index contributed by atoms with van der Waals surface area (Å²) in [5.74, 6) is 1.94. The summed E-state index contributed by atoms with van der Waals surface area (Å²) >= 11 is 5.41. The van der Waals surface area contributed by atoms with Crippen molar-refractivity contribution in [1.82, 2.24) is 5.32 Å². The van der Waals surface area contributed by atoms with E-state index in [1.807, 2.05) is 11.8 Å². The normalized spacial score (nSPS) is 12.9. The highest BCUT2D eigenvalue weighted by Gasteiger charge is 2.02. The highest BCUT2D eigenvalue weighted by atomic mass is 79.9. The Morgan fingerprint density at radius 1 is 1.22 bits per heavy atom. The van der Waals surface area contributed by atoms with Gasteiger partial charge in [-0.2, -0.15) is 0 Å². The Kier molecular flexibility index (Phi) is 8.03. The van der Waals surface area contributed by atoms with E-state index in [4.69, 9.17) is 0 Å². The van der Waals surface area contributed by atoms with Crippen LogP contribution in [0.5, 0.6) is 0 Å². The first kappa shape index (κ1) is 16.1. The first-order valence-corrected chi connectivity index (χ1v) is 8.47. The molecular weight excluding hydrogens is 306 g/mol. The molecule has 1 nitrogen and oxygen atoms in total. The maximum atomic E-state index is 3.59. The summed E-state index contributed by atoms with van der Waals surface area (Å²) in [6.45, 7) is 7.94. The van der Waals surface area contributed by atoms with E-state index in [0.29, 0.717) is 6.04 Å². The van der Waals surface area contributed by atoms with Crippen molar-refractivity contribution in [3.05, 3.63) is 28.7 Å². The van der Waals surface area contributed by atoms with E-state index in [0.717, 1.165) is 22.7 Å². The van der Waals surface area contributed by atoms with Crippen molar-refractivity contribution in [1.29, 1.82) is 0 Å². The van der Waals surface area contributed by atoms with Gasteiger partial charge in [-0.25, -0.2) is 0 Å². The van der Waals surface area contributed by atoms with Crippen LogP contribution in [0.2, 0.25) is 0 Å². The fourth-order valence-electron chi connectivity index (χ4n) is 1.72. The minimum Gasteiger partial charge on any atom is -0.313 e. The van der Waals surface area contributed by atoms with Crippen LogP contribution in [0.3, 0.4) is 0 Å². The second kappa shape index (κ2) is 9.00. The largest absolute Gasteiger partial charge is 0.313 e. The van der Waals surface area contributed by atoms with E-state index < -0.39 is 0 Å². The van der Waals surface area contributed by atoms with Gasteiger partial charge >= 0.3 is 0 Å². The average Bonchev–Trinajstić information content (AvgIpc) is 2.32. The molecule has 0 saturated carbocycles. The molecule has 0 aliphatic carbocycles. The summed E-state index contributed by atoms with van der Waals surface area (Å²) in [5, 5.41) is 3.59. The SMILES string of the molecule is CC(C)CCC(C)NCCSc1cccc(Br)c1. The Labute approximate surface area is 124 Å². The van der Waals surface area contributed by atoms with E-state index >= 15 is 0 Å². The molecular formula is C15H24BrNS. The fraction of sp³-hybridized carbons (Fsp3) is 0.600. The van der Waals surface area contributed by atoms with Crippen LogP contribution in [-0.2, 0) is 0 Å². The molecule has 1 N–H and O–H groups in total. The predicted molar refractivity (Wildman–Crippen MR) is 86.4 cm³/mol. The maximum Gasteiger partial charge on any atom is 0.0186 e. The molecule has 3 heteroatoms. The fourth-order valence-corrected chi connectivity index (χ4v) is 3.11. The number of benzene rings is 1. The van der Waals surface area contributed by atoms with Crippen LogP contribution in [0.4, 0.5) is 0 Å². The van der Waals surface area contributed by atoms with Crippen molar-refractivity contribution in [2.24, 2.45) is 5.92 Å². The van der Waals surface area contributed by atoms with Crippen molar-refractivity contribution in [2.75, 3.05) is 12.3 Å². The van der Waals surface area contributed by atoms with Crippen LogP contribution >= 0.6 is 27.7 Å². The molecule has 0 bridgehead atoms. The summed E-state index contributed by atoms with van der Waals surface area (Å²) in [6, 6.07) is 9.13. The molecule has 1 aromatic carbocycles. The molecule has 0 heterocycles. The molecule has 0 aromatic heterocycles. The Morgan fingerprint density at radius 3 is 2.67 bits per heavy atom. The van der Waals surface area contributed by atoms with Crippen LogP contribution in [0.1, 0.15) is 33.6 Å². The van der Waals surface area contributed by atoms with Crippen LogP contribution in [0.15, 0.2) is 33.6 Å². The van der Waals surface area contributed by atoms with Crippen molar-refractivity contribution in [3.63, 3.8) is 0 Å². The minimum atomic E-state index is 0.635. The molecule has 1 atom stereocenters. The number of nitrogens with one attached hydrogen (secondary N) is 1. The molecule has 0 aliphatic heterocycles. The highest BCUT2D eigenvalue weighted by Crippen LogP contribution is 2.21. The van der Waals surface area contributed by atoms with E-state index in [-0.39, 0.29) is 0 Å². The molecule has 0 radical (unpaired) electrons. The molecule has 102 valence electrons. The van der Waals surface area contributed by atoms with Crippen molar-refractivity contribution in [3.8, 4) is 0 Å². The lowest BCUT2D eigenvalue weighted by Gasteiger charge is -2.14. The smallest absolute Gasteiger partial charge is 0.0186 e. The number of hydrogen-bond acceptors (Lipinski definition) is 2. The zero-order chi connectivity index (χ0) is 13.4.